The highest BCUT2D eigenvalue weighted by Gasteiger charge is 2.55. The first-order chi connectivity index (χ1) is 10.2. The number of hydrogen-bond acceptors (Lipinski definition) is 3. The maximum absolute atomic E-state index is 12.9. The van der Waals surface area contributed by atoms with E-state index in [1.165, 1.54) is 0 Å². The minimum atomic E-state index is -0.422. The van der Waals surface area contributed by atoms with Gasteiger partial charge >= 0.3 is 0 Å². The maximum atomic E-state index is 12.9. The van der Waals surface area contributed by atoms with Crippen molar-refractivity contribution < 1.29 is 9.59 Å². The van der Waals surface area contributed by atoms with Crippen molar-refractivity contribution in [3.8, 4) is 0 Å². The molecule has 4 rings (SSSR count). The molecule has 1 N–H and O–H groups in total. The summed E-state index contributed by atoms with van der Waals surface area (Å²) in [5.41, 5.74) is -0.422. The van der Waals surface area contributed by atoms with Gasteiger partial charge in [-0.2, -0.15) is 5.10 Å². The van der Waals surface area contributed by atoms with Crippen molar-refractivity contribution in [2.45, 2.75) is 43.7 Å². The van der Waals surface area contributed by atoms with Crippen molar-refractivity contribution in [3.05, 3.63) is 18.5 Å². The summed E-state index contributed by atoms with van der Waals surface area (Å²) in [6.07, 6.45) is 7.75. The Kier molecular flexibility index (Phi) is 2.80. The normalized spacial score (nSPS) is 30.5. The second kappa shape index (κ2) is 4.58. The number of rotatable bonds is 2. The molecule has 1 aromatic heterocycles. The van der Waals surface area contributed by atoms with Gasteiger partial charge in [0.05, 0.1) is 0 Å². The minimum absolute atomic E-state index is 0.159. The Balaban J connectivity index is 1.48. The zero-order chi connectivity index (χ0) is 14.4. The fraction of sp³-hybridized carbons (Fsp3) is 0.667. The third-order valence-electron chi connectivity index (χ3n) is 5.17. The van der Waals surface area contributed by atoms with E-state index >= 15 is 0 Å². The van der Waals surface area contributed by atoms with E-state index in [9.17, 15) is 9.59 Å². The molecule has 0 aromatic carbocycles. The molecular weight excluding hydrogens is 268 g/mol. The number of nitrogens with zero attached hydrogens (tertiary/aromatic N) is 3. The molecule has 2 unspecified atom stereocenters. The summed E-state index contributed by atoms with van der Waals surface area (Å²) in [7, 11) is 0. The topological polar surface area (TPSA) is 67.2 Å². The monoisotopic (exact) mass is 288 g/mol. The summed E-state index contributed by atoms with van der Waals surface area (Å²) in [5.74, 6) is 0.779. The van der Waals surface area contributed by atoms with Crippen molar-refractivity contribution >= 4 is 11.8 Å². The lowest BCUT2D eigenvalue weighted by molar-refractivity contribution is -0.139. The highest BCUT2D eigenvalue weighted by Crippen LogP contribution is 2.45. The summed E-state index contributed by atoms with van der Waals surface area (Å²) >= 11 is 0. The number of nitrogens with one attached hydrogen (secondary N) is 1. The lowest BCUT2D eigenvalue weighted by Gasteiger charge is -2.42. The van der Waals surface area contributed by atoms with Crippen molar-refractivity contribution in [2.75, 3.05) is 13.1 Å². The SMILES string of the molecule is O=C1CCC2CN(C(=O)C3(n4cccn4)CC3)CCC2N1. The van der Waals surface area contributed by atoms with E-state index in [2.05, 4.69) is 10.4 Å². The Morgan fingerprint density at radius 1 is 1.38 bits per heavy atom. The molecule has 1 aliphatic carbocycles. The molecule has 2 amide bonds. The van der Waals surface area contributed by atoms with Gasteiger partial charge in [0.2, 0.25) is 5.91 Å². The smallest absolute Gasteiger partial charge is 0.250 e. The molecule has 6 nitrogen and oxygen atoms in total. The molecule has 6 heteroatoms. The third kappa shape index (κ3) is 2.04. The molecule has 1 saturated carbocycles. The molecule has 112 valence electrons. The number of piperidine rings is 2. The van der Waals surface area contributed by atoms with Crippen LogP contribution in [0.25, 0.3) is 0 Å². The molecular formula is C15H20N4O2. The first-order valence-electron chi connectivity index (χ1n) is 7.78. The van der Waals surface area contributed by atoms with E-state index in [-0.39, 0.29) is 17.9 Å². The summed E-state index contributed by atoms with van der Waals surface area (Å²) in [5, 5.41) is 7.34. The average molecular weight is 288 g/mol. The summed E-state index contributed by atoms with van der Waals surface area (Å²) in [4.78, 5) is 26.3. The number of carbonyl (C=O) groups excluding carboxylic acids is 2. The highest BCUT2D eigenvalue weighted by atomic mass is 16.2. The van der Waals surface area contributed by atoms with Gasteiger partial charge in [-0.25, -0.2) is 0 Å². The van der Waals surface area contributed by atoms with Crippen LogP contribution in [0, 0.1) is 5.92 Å². The van der Waals surface area contributed by atoms with Gasteiger partial charge in [-0.15, -0.1) is 0 Å². The molecule has 0 spiro atoms. The minimum Gasteiger partial charge on any atom is -0.353 e. The second-order valence-electron chi connectivity index (χ2n) is 6.49. The lowest BCUT2D eigenvalue weighted by Crippen LogP contribution is -2.57. The first-order valence-corrected chi connectivity index (χ1v) is 7.78. The number of fused-ring (bicyclic) bond motifs is 1. The van der Waals surface area contributed by atoms with Crippen LogP contribution >= 0.6 is 0 Å². The van der Waals surface area contributed by atoms with Crippen molar-refractivity contribution in [3.63, 3.8) is 0 Å². The maximum Gasteiger partial charge on any atom is 0.250 e. The zero-order valence-corrected chi connectivity index (χ0v) is 12.0. The number of hydrogen-bond donors (Lipinski definition) is 1. The largest absolute Gasteiger partial charge is 0.353 e. The Labute approximate surface area is 123 Å². The van der Waals surface area contributed by atoms with E-state index in [0.717, 1.165) is 38.8 Å². The quantitative estimate of drug-likeness (QED) is 0.861. The number of aromatic nitrogens is 2. The standard InChI is InChI=1S/C15H20N4O2/c20-13-3-2-11-10-18(9-4-12(11)17-13)14(21)15(5-6-15)19-8-1-7-16-19/h1,7-8,11-12H,2-6,9-10H2,(H,17,20). The van der Waals surface area contributed by atoms with Gasteiger partial charge in [-0.1, -0.05) is 0 Å². The van der Waals surface area contributed by atoms with Gasteiger partial charge < -0.3 is 10.2 Å². The van der Waals surface area contributed by atoms with Crippen molar-refractivity contribution in [1.82, 2.24) is 20.0 Å². The van der Waals surface area contributed by atoms with E-state index in [1.54, 1.807) is 6.20 Å². The van der Waals surface area contributed by atoms with Crippen LogP contribution < -0.4 is 5.32 Å². The van der Waals surface area contributed by atoms with E-state index in [0.29, 0.717) is 12.3 Å². The zero-order valence-electron chi connectivity index (χ0n) is 12.0. The van der Waals surface area contributed by atoms with E-state index in [4.69, 9.17) is 0 Å². The molecule has 3 aliphatic rings. The van der Waals surface area contributed by atoms with Crippen LogP contribution in [-0.2, 0) is 15.1 Å². The van der Waals surface area contributed by atoms with E-state index in [1.807, 2.05) is 21.8 Å². The van der Waals surface area contributed by atoms with Gasteiger partial charge in [-0.05, 0) is 37.7 Å². The van der Waals surface area contributed by atoms with Gasteiger partial charge in [0.1, 0.15) is 5.54 Å². The van der Waals surface area contributed by atoms with Gasteiger partial charge in [0.15, 0.2) is 0 Å². The summed E-state index contributed by atoms with van der Waals surface area (Å²) < 4.78 is 1.82. The van der Waals surface area contributed by atoms with Gasteiger partial charge in [0, 0.05) is 37.9 Å². The first kappa shape index (κ1) is 12.9. The highest BCUT2D eigenvalue weighted by molar-refractivity contribution is 5.87. The van der Waals surface area contributed by atoms with Crippen LogP contribution in [0.3, 0.4) is 0 Å². The van der Waals surface area contributed by atoms with Crippen LogP contribution in [0.15, 0.2) is 18.5 Å². The number of likely N-dealkylation sites (tertiary alicyclic amines) is 1. The molecule has 0 radical (unpaired) electrons. The fourth-order valence-electron chi connectivity index (χ4n) is 3.77. The van der Waals surface area contributed by atoms with Crippen LogP contribution in [0.2, 0.25) is 0 Å². The molecule has 1 aromatic rings. The molecule has 2 saturated heterocycles. The molecule has 0 bridgehead atoms. The number of carbonyl (C=O) groups is 2. The Bertz CT molecular complexity index is 564. The van der Waals surface area contributed by atoms with Crippen LogP contribution in [0.4, 0.5) is 0 Å². The predicted molar refractivity (Wildman–Crippen MR) is 75.3 cm³/mol. The van der Waals surface area contributed by atoms with Crippen LogP contribution in [0.1, 0.15) is 32.1 Å². The average Bonchev–Trinajstić information content (AvgIpc) is 3.12. The molecule has 3 heterocycles. The third-order valence-corrected chi connectivity index (χ3v) is 5.17. The van der Waals surface area contributed by atoms with Gasteiger partial charge in [0.25, 0.3) is 5.91 Å². The van der Waals surface area contributed by atoms with Gasteiger partial charge in [-0.3, -0.25) is 14.3 Å². The molecule has 2 atom stereocenters. The van der Waals surface area contributed by atoms with E-state index < -0.39 is 5.54 Å². The number of amides is 2. The van der Waals surface area contributed by atoms with Crippen molar-refractivity contribution in [2.24, 2.45) is 5.92 Å². The summed E-state index contributed by atoms with van der Waals surface area (Å²) in [6.45, 7) is 1.51. The molecule has 2 aliphatic heterocycles. The predicted octanol–water partition coefficient (Wildman–Crippen LogP) is 0.499. The Morgan fingerprint density at radius 2 is 2.24 bits per heavy atom. The van der Waals surface area contributed by atoms with Crippen LogP contribution in [-0.4, -0.2) is 45.6 Å². The molecule has 3 fully saturated rings. The Hall–Kier alpha value is -1.85. The van der Waals surface area contributed by atoms with Crippen LogP contribution in [0.5, 0.6) is 0 Å². The lowest BCUT2D eigenvalue weighted by atomic mass is 9.85. The second-order valence-corrected chi connectivity index (χ2v) is 6.49. The van der Waals surface area contributed by atoms with Crippen molar-refractivity contribution in [1.29, 1.82) is 0 Å². The Morgan fingerprint density at radius 3 is 2.95 bits per heavy atom. The molecule has 21 heavy (non-hydrogen) atoms. The summed E-state index contributed by atoms with van der Waals surface area (Å²) in [6, 6.07) is 2.13. The fourth-order valence-corrected chi connectivity index (χ4v) is 3.77.